The van der Waals surface area contributed by atoms with Crippen LogP contribution < -0.4 is 10.2 Å². The van der Waals surface area contributed by atoms with Crippen molar-refractivity contribution >= 4 is 11.7 Å². The third-order valence-corrected chi connectivity index (χ3v) is 5.03. The number of aryl methyl sites for hydroxylation is 1. The molecule has 9 heteroatoms. The number of nitrogens with one attached hydrogen (secondary N) is 1. The van der Waals surface area contributed by atoms with Crippen LogP contribution in [0.3, 0.4) is 0 Å². The van der Waals surface area contributed by atoms with E-state index in [1.165, 1.54) is 13.8 Å². The molecule has 1 amide bonds. The number of phenols is 1. The van der Waals surface area contributed by atoms with Crippen molar-refractivity contribution in [1.82, 2.24) is 15.5 Å². The van der Waals surface area contributed by atoms with E-state index in [2.05, 4.69) is 20.4 Å². The topological polar surface area (TPSA) is 78.4 Å². The molecule has 3 rings (SSSR count). The van der Waals surface area contributed by atoms with Gasteiger partial charge in [0.2, 0.25) is 5.91 Å². The summed E-state index contributed by atoms with van der Waals surface area (Å²) in [6.45, 7) is 5.14. The third-order valence-electron chi connectivity index (χ3n) is 5.03. The lowest BCUT2D eigenvalue weighted by molar-refractivity contribution is -0.137. The molecule has 1 aromatic carbocycles. The standard InChI is InChI=1S/C20H23F3N4O2/c1-12-8-15(20(21,22)23)9-17(29)19(12)16-5-6-18(26-25-16)27-7-3-4-14(11-27)10-24-13(2)28/h5-6,8-9,14,29H,3-4,7,10-11H2,1-2H3,(H,24,28)/t14-/m0/s1. The molecule has 1 aromatic heterocycles. The predicted molar refractivity (Wildman–Crippen MR) is 102 cm³/mol. The largest absolute Gasteiger partial charge is 0.507 e. The summed E-state index contributed by atoms with van der Waals surface area (Å²) in [5, 5.41) is 21.3. The normalized spacial score (nSPS) is 17.3. The number of anilines is 1. The molecule has 6 nitrogen and oxygen atoms in total. The van der Waals surface area contributed by atoms with E-state index in [4.69, 9.17) is 0 Å². The van der Waals surface area contributed by atoms with E-state index in [0.717, 1.165) is 32.0 Å². The van der Waals surface area contributed by atoms with E-state index in [-0.39, 0.29) is 17.0 Å². The Bertz CT molecular complexity index is 861. The number of aromatic nitrogens is 2. The summed E-state index contributed by atoms with van der Waals surface area (Å²) in [4.78, 5) is 13.2. The van der Waals surface area contributed by atoms with Gasteiger partial charge in [0.05, 0.1) is 11.3 Å². The van der Waals surface area contributed by atoms with Crippen molar-refractivity contribution in [3.63, 3.8) is 0 Å². The number of halogens is 3. The van der Waals surface area contributed by atoms with E-state index in [0.29, 0.717) is 30.0 Å². The van der Waals surface area contributed by atoms with Crippen LogP contribution in [0, 0.1) is 12.8 Å². The molecule has 0 saturated carbocycles. The monoisotopic (exact) mass is 408 g/mol. The molecule has 1 saturated heterocycles. The van der Waals surface area contributed by atoms with Crippen LogP contribution in [0.1, 0.15) is 30.9 Å². The fraction of sp³-hybridized carbons (Fsp3) is 0.450. The molecule has 2 N–H and O–H groups in total. The zero-order valence-electron chi connectivity index (χ0n) is 16.3. The molecule has 2 aromatic rings. The van der Waals surface area contributed by atoms with Gasteiger partial charge in [-0.2, -0.15) is 13.2 Å². The molecule has 156 valence electrons. The van der Waals surface area contributed by atoms with Gasteiger partial charge in [-0.3, -0.25) is 4.79 Å². The van der Waals surface area contributed by atoms with Gasteiger partial charge in [0.15, 0.2) is 5.82 Å². The zero-order valence-corrected chi connectivity index (χ0v) is 16.3. The minimum atomic E-state index is -4.53. The first-order valence-corrected chi connectivity index (χ1v) is 9.39. The number of carbonyl (C=O) groups excluding carboxylic acids is 1. The summed E-state index contributed by atoms with van der Waals surface area (Å²) in [5.74, 6) is 0.436. The minimum absolute atomic E-state index is 0.0574. The molecular formula is C20H23F3N4O2. The fourth-order valence-corrected chi connectivity index (χ4v) is 3.62. The summed E-state index contributed by atoms with van der Waals surface area (Å²) >= 11 is 0. The number of hydrogen-bond acceptors (Lipinski definition) is 5. The van der Waals surface area contributed by atoms with E-state index in [9.17, 15) is 23.1 Å². The number of carbonyl (C=O) groups is 1. The van der Waals surface area contributed by atoms with Crippen LogP contribution in [-0.2, 0) is 11.0 Å². The van der Waals surface area contributed by atoms with Crippen molar-refractivity contribution in [3.05, 3.63) is 35.4 Å². The number of nitrogens with zero attached hydrogens (tertiary/aromatic N) is 3. The van der Waals surface area contributed by atoms with Crippen molar-refractivity contribution in [2.75, 3.05) is 24.5 Å². The maximum atomic E-state index is 12.9. The van der Waals surface area contributed by atoms with Gasteiger partial charge in [0, 0.05) is 32.1 Å². The molecule has 0 aliphatic carbocycles. The van der Waals surface area contributed by atoms with E-state index in [1.54, 1.807) is 12.1 Å². The average Bonchev–Trinajstić information content (AvgIpc) is 2.66. The lowest BCUT2D eigenvalue weighted by atomic mass is 9.98. The quantitative estimate of drug-likeness (QED) is 0.809. The maximum absolute atomic E-state index is 12.9. The smallest absolute Gasteiger partial charge is 0.416 e. The van der Waals surface area contributed by atoms with Crippen LogP contribution in [-0.4, -0.2) is 40.8 Å². The van der Waals surface area contributed by atoms with Crippen molar-refractivity contribution < 1.29 is 23.1 Å². The number of piperidine rings is 1. The molecule has 1 aliphatic heterocycles. The molecule has 0 bridgehead atoms. The van der Waals surface area contributed by atoms with Gasteiger partial charge in [0.1, 0.15) is 5.75 Å². The predicted octanol–water partition coefficient (Wildman–Crippen LogP) is 3.53. The van der Waals surface area contributed by atoms with Gasteiger partial charge in [0.25, 0.3) is 0 Å². The van der Waals surface area contributed by atoms with Crippen LogP contribution >= 0.6 is 0 Å². The number of aromatic hydroxyl groups is 1. The lowest BCUT2D eigenvalue weighted by Gasteiger charge is -2.33. The second-order valence-electron chi connectivity index (χ2n) is 7.35. The fourth-order valence-electron chi connectivity index (χ4n) is 3.62. The number of benzene rings is 1. The van der Waals surface area contributed by atoms with Gasteiger partial charge in [-0.15, -0.1) is 10.2 Å². The van der Waals surface area contributed by atoms with Crippen molar-refractivity contribution in [2.24, 2.45) is 5.92 Å². The van der Waals surface area contributed by atoms with Crippen LogP contribution in [0.4, 0.5) is 19.0 Å². The van der Waals surface area contributed by atoms with Gasteiger partial charge >= 0.3 is 6.18 Å². The van der Waals surface area contributed by atoms with Crippen molar-refractivity contribution in [1.29, 1.82) is 0 Å². The lowest BCUT2D eigenvalue weighted by Crippen LogP contribution is -2.41. The molecular weight excluding hydrogens is 385 g/mol. The Labute approximate surface area is 166 Å². The summed E-state index contributed by atoms with van der Waals surface area (Å²) in [6.07, 6.45) is -2.55. The first kappa shape index (κ1) is 20.9. The highest BCUT2D eigenvalue weighted by atomic mass is 19.4. The molecule has 0 spiro atoms. The van der Waals surface area contributed by atoms with Crippen LogP contribution in [0.2, 0.25) is 0 Å². The van der Waals surface area contributed by atoms with Crippen molar-refractivity contribution in [3.8, 4) is 17.0 Å². The van der Waals surface area contributed by atoms with Gasteiger partial charge < -0.3 is 15.3 Å². The second kappa shape index (κ2) is 8.26. The summed E-state index contributed by atoms with van der Waals surface area (Å²) in [6, 6.07) is 5.09. The number of alkyl halides is 3. The number of phenolic OH excluding ortho intramolecular Hbond substituents is 1. The van der Waals surface area contributed by atoms with Crippen LogP contribution in [0.5, 0.6) is 5.75 Å². The summed E-state index contributed by atoms with van der Waals surface area (Å²) in [7, 11) is 0. The van der Waals surface area contributed by atoms with Crippen LogP contribution in [0.15, 0.2) is 24.3 Å². The summed E-state index contributed by atoms with van der Waals surface area (Å²) < 4.78 is 38.7. The Morgan fingerprint density at radius 2 is 2.07 bits per heavy atom. The highest BCUT2D eigenvalue weighted by Gasteiger charge is 2.32. The number of hydrogen-bond donors (Lipinski definition) is 2. The highest BCUT2D eigenvalue weighted by molar-refractivity contribution is 5.73. The first-order chi connectivity index (χ1) is 13.6. The maximum Gasteiger partial charge on any atom is 0.416 e. The zero-order chi connectivity index (χ0) is 21.2. The van der Waals surface area contributed by atoms with Gasteiger partial charge in [-0.05, 0) is 55.5 Å². The Balaban J connectivity index is 1.78. The highest BCUT2D eigenvalue weighted by Crippen LogP contribution is 2.38. The summed E-state index contributed by atoms with van der Waals surface area (Å²) in [5.41, 5.74) is -0.0874. The SMILES string of the molecule is CC(=O)NC[C@@H]1CCCN(c2ccc(-c3c(C)cc(C(F)(F)F)cc3O)nn2)C1. The first-order valence-electron chi connectivity index (χ1n) is 9.39. The Kier molecular flexibility index (Phi) is 5.95. The Hall–Kier alpha value is -2.84. The molecule has 1 fully saturated rings. The Morgan fingerprint density at radius 3 is 2.66 bits per heavy atom. The Morgan fingerprint density at radius 1 is 1.31 bits per heavy atom. The number of rotatable bonds is 4. The second-order valence-corrected chi connectivity index (χ2v) is 7.35. The van der Waals surface area contributed by atoms with Crippen molar-refractivity contribution in [2.45, 2.75) is 32.9 Å². The minimum Gasteiger partial charge on any atom is -0.507 e. The molecule has 0 unspecified atom stereocenters. The molecule has 1 atom stereocenters. The van der Waals surface area contributed by atoms with E-state index >= 15 is 0 Å². The molecule has 29 heavy (non-hydrogen) atoms. The third kappa shape index (κ3) is 4.96. The molecule has 1 aliphatic rings. The number of amides is 1. The molecule has 0 radical (unpaired) electrons. The van der Waals surface area contributed by atoms with E-state index < -0.39 is 17.5 Å². The average molecular weight is 408 g/mol. The van der Waals surface area contributed by atoms with E-state index in [1.807, 2.05) is 0 Å². The molecule has 2 heterocycles. The van der Waals surface area contributed by atoms with Gasteiger partial charge in [-0.25, -0.2) is 0 Å². The van der Waals surface area contributed by atoms with Gasteiger partial charge in [-0.1, -0.05) is 0 Å². The van der Waals surface area contributed by atoms with Crippen LogP contribution in [0.25, 0.3) is 11.3 Å².